The number of hydrogen-bond acceptors (Lipinski definition) is 7. The van der Waals surface area contributed by atoms with Crippen molar-refractivity contribution in [2.24, 2.45) is 0 Å². The predicted molar refractivity (Wildman–Crippen MR) is 138 cm³/mol. The molecule has 1 aliphatic heterocycles. The van der Waals surface area contributed by atoms with E-state index in [1.54, 1.807) is 6.20 Å². The van der Waals surface area contributed by atoms with Crippen molar-refractivity contribution in [1.82, 2.24) is 34.7 Å². The number of benzene rings is 1. The Morgan fingerprint density at radius 2 is 1.79 bits per heavy atom. The summed E-state index contributed by atoms with van der Waals surface area (Å²) in [6.07, 6.45) is 1.98. The smallest absolute Gasteiger partial charge is 0.342 e. The standard InChI is InChI=1S/C26H26F3N7OS/c1-38-25-31-14-19(15-32-25)18-2-3-21-22(11-18)34-23(33-21)12-20-10-17(4-5-30-20)16-35-6-8-36(9-7-35)24(37)13-26(27,28)29/h2-5,10-11,14-15H,6-9,12-13,16H2,1H3,(H,33,34). The molecule has 1 N–H and O–H groups in total. The van der Waals surface area contributed by atoms with Crippen LogP contribution in [-0.4, -0.2) is 79.2 Å². The van der Waals surface area contributed by atoms with Crippen molar-refractivity contribution in [3.05, 3.63) is 66.0 Å². The zero-order valence-electron chi connectivity index (χ0n) is 20.7. The molecule has 198 valence electrons. The van der Waals surface area contributed by atoms with Crippen LogP contribution in [0.4, 0.5) is 13.2 Å². The molecular formula is C26H26F3N7OS. The first-order valence-electron chi connectivity index (χ1n) is 12.1. The van der Waals surface area contributed by atoms with Gasteiger partial charge < -0.3 is 9.88 Å². The number of nitrogens with zero attached hydrogens (tertiary/aromatic N) is 6. The molecule has 8 nitrogen and oxygen atoms in total. The van der Waals surface area contributed by atoms with Crippen LogP contribution in [0.2, 0.25) is 0 Å². The molecule has 4 heterocycles. The number of aromatic nitrogens is 5. The second kappa shape index (κ2) is 11.1. The van der Waals surface area contributed by atoms with Crippen molar-refractivity contribution < 1.29 is 18.0 Å². The summed E-state index contributed by atoms with van der Waals surface area (Å²) in [6, 6.07) is 9.95. The Hall–Kier alpha value is -3.51. The lowest BCUT2D eigenvalue weighted by Crippen LogP contribution is -2.49. The van der Waals surface area contributed by atoms with Gasteiger partial charge in [0, 0.05) is 69.0 Å². The lowest BCUT2D eigenvalue weighted by Gasteiger charge is -2.35. The van der Waals surface area contributed by atoms with Crippen molar-refractivity contribution in [3.8, 4) is 11.1 Å². The summed E-state index contributed by atoms with van der Waals surface area (Å²) in [4.78, 5) is 36.5. The molecule has 12 heteroatoms. The number of carbonyl (C=O) groups is 1. The molecule has 0 saturated carbocycles. The lowest BCUT2D eigenvalue weighted by atomic mass is 10.1. The number of pyridine rings is 1. The molecule has 38 heavy (non-hydrogen) atoms. The minimum absolute atomic E-state index is 0.293. The highest BCUT2D eigenvalue weighted by atomic mass is 32.2. The van der Waals surface area contributed by atoms with E-state index in [1.807, 2.05) is 49.0 Å². The van der Waals surface area contributed by atoms with Gasteiger partial charge in [0.15, 0.2) is 5.16 Å². The van der Waals surface area contributed by atoms with E-state index in [-0.39, 0.29) is 0 Å². The average molecular weight is 542 g/mol. The second-order valence-electron chi connectivity index (χ2n) is 9.15. The molecular weight excluding hydrogens is 515 g/mol. The molecule has 1 fully saturated rings. The van der Waals surface area contributed by atoms with Crippen LogP contribution >= 0.6 is 11.8 Å². The first-order chi connectivity index (χ1) is 18.3. The number of alkyl halides is 3. The fourth-order valence-corrected chi connectivity index (χ4v) is 4.80. The maximum absolute atomic E-state index is 12.5. The summed E-state index contributed by atoms with van der Waals surface area (Å²) >= 11 is 1.50. The van der Waals surface area contributed by atoms with Gasteiger partial charge in [-0.25, -0.2) is 15.0 Å². The van der Waals surface area contributed by atoms with Gasteiger partial charge in [-0.15, -0.1) is 0 Å². The number of H-pyrrole nitrogens is 1. The number of halogens is 3. The van der Waals surface area contributed by atoms with E-state index >= 15 is 0 Å². The molecule has 1 aromatic carbocycles. The van der Waals surface area contributed by atoms with Crippen molar-refractivity contribution in [3.63, 3.8) is 0 Å². The monoisotopic (exact) mass is 541 g/mol. The third-order valence-corrected chi connectivity index (χ3v) is 6.96. The number of hydrogen-bond donors (Lipinski definition) is 1. The average Bonchev–Trinajstić information content (AvgIpc) is 3.30. The Kier molecular flexibility index (Phi) is 7.61. The molecule has 0 atom stereocenters. The van der Waals surface area contributed by atoms with Gasteiger partial charge in [-0.2, -0.15) is 13.2 Å². The first kappa shape index (κ1) is 26.1. The molecule has 0 spiro atoms. The highest BCUT2D eigenvalue weighted by Crippen LogP contribution is 2.24. The summed E-state index contributed by atoms with van der Waals surface area (Å²) in [5.41, 5.74) is 5.63. The Balaban J connectivity index is 1.20. The molecule has 0 radical (unpaired) electrons. The number of nitrogens with one attached hydrogen (secondary N) is 1. The van der Waals surface area contributed by atoms with Crippen LogP contribution in [0.1, 0.15) is 23.5 Å². The number of imidazole rings is 1. The number of amides is 1. The fraction of sp³-hybridized carbons (Fsp3) is 0.346. The van der Waals surface area contributed by atoms with Crippen LogP contribution in [0.5, 0.6) is 0 Å². The number of carbonyl (C=O) groups excluding carboxylic acids is 1. The summed E-state index contributed by atoms with van der Waals surface area (Å²) in [5, 5.41) is 0.728. The van der Waals surface area contributed by atoms with Crippen molar-refractivity contribution >= 4 is 28.7 Å². The Morgan fingerprint density at radius 1 is 1.03 bits per heavy atom. The van der Waals surface area contributed by atoms with Crippen LogP contribution in [0.15, 0.2) is 54.1 Å². The number of fused-ring (bicyclic) bond motifs is 1. The first-order valence-corrected chi connectivity index (χ1v) is 13.3. The minimum atomic E-state index is -4.47. The van der Waals surface area contributed by atoms with E-state index < -0.39 is 18.5 Å². The van der Waals surface area contributed by atoms with Crippen LogP contribution in [0.25, 0.3) is 22.2 Å². The van der Waals surface area contributed by atoms with Crippen molar-refractivity contribution in [1.29, 1.82) is 0 Å². The molecule has 5 rings (SSSR count). The van der Waals surface area contributed by atoms with Gasteiger partial charge >= 0.3 is 6.18 Å². The Bertz CT molecular complexity index is 1420. The van der Waals surface area contributed by atoms with Gasteiger partial charge in [0.05, 0.1) is 11.0 Å². The van der Waals surface area contributed by atoms with Gasteiger partial charge in [-0.3, -0.25) is 14.7 Å². The van der Waals surface area contributed by atoms with E-state index in [0.717, 1.165) is 44.4 Å². The van der Waals surface area contributed by atoms with E-state index in [1.165, 1.54) is 16.7 Å². The van der Waals surface area contributed by atoms with Gasteiger partial charge in [0.25, 0.3) is 0 Å². The van der Waals surface area contributed by atoms with E-state index in [9.17, 15) is 18.0 Å². The predicted octanol–water partition coefficient (Wildman–Crippen LogP) is 4.32. The third kappa shape index (κ3) is 6.48. The zero-order chi connectivity index (χ0) is 26.7. The lowest BCUT2D eigenvalue weighted by molar-refractivity contribution is -0.162. The summed E-state index contributed by atoms with van der Waals surface area (Å²) in [7, 11) is 0. The fourth-order valence-electron chi connectivity index (χ4n) is 4.49. The number of thioether (sulfide) groups is 1. The maximum Gasteiger partial charge on any atom is 0.397 e. The molecule has 1 saturated heterocycles. The summed E-state index contributed by atoms with van der Waals surface area (Å²) < 4.78 is 37.5. The molecule has 0 bridgehead atoms. The van der Waals surface area contributed by atoms with Gasteiger partial charge in [0.1, 0.15) is 12.2 Å². The second-order valence-corrected chi connectivity index (χ2v) is 9.93. The highest BCUT2D eigenvalue weighted by molar-refractivity contribution is 7.98. The van der Waals surface area contributed by atoms with Gasteiger partial charge in [0.2, 0.25) is 5.91 Å². The largest absolute Gasteiger partial charge is 0.397 e. The maximum atomic E-state index is 12.5. The highest BCUT2D eigenvalue weighted by Gasteiger charge is 2.34. The molecule has 1 aliphatic rings. The third-order valence-electron chi connectivity index (χ3n) is 6.39. The topological polar surface area (TPSA) is 90.9 Å². The summed E-state index contributed by atoms with van der Waals surface area (Å²) in [6.45, 7) is 2.28. The molecule has 4 aromatic rings. The van der Waals surface area contributed by atoms with Crippen LogP contribution in [-0.2, 0) is 17.8 Å². The van der Waals surface area contributed by atoms with E-state index in [0.29, 0.717) is 39.1 Å². The van der Waals surface area contributed by atoms with Gasteiger partial charge in [-0.1, -0.05) is 17.8 Å². The Labute approximate surface area is 221 Å². The molecule has 0 aliphatic carbocycles. The molecule has 3 aromatic heterocycles. The van der Waals surface area contributed by atoms with Crippen molar-refractivity contribution in [2.75, 3.05) is 32.4 Å². The number of aromatic amines is 1. The Morgan fingerprint density at radius 3 is 2.50 bits per heavy atom. The van der Waals surface area contributed by atoms with Crippen molar-refractivity contribution in [2.45, 2.75) is 30.7 Å². The quantitative estimate of drug-likeness (QED) is 0.275. The van der Waals surface area contributed by atoms with Gasteiger partial charge in [-0.05, 0) is 41.6 Å². The zero-order valence-corrected chi connectivity index (χ0v) is 21.5. The van der Waals surface area contributed by atoms with E-state index in [4.69, 9.17) is 4.98 Å². The molecule has 1 amide bonds. The van der Waals surface area contributed by atoms with Crippen LogP contribution in [0, 0.1) is 0 Å². The number of piperazine rings is 1. The number of rotatable bonds is 7. The van der Waals surface area contributed by atoms with Crippen LogP contribution in [0.3, 0.4) is 0 Å². The summed E-state index contributed by atoms with van der Waals surface area (Å²) in [5.74, 6) is -0.0595. The minimum Gasteiger partial charge on any atom is -0.342 e. The van der Waals surface area contributed by atoms with Crippen LogP contribution < -0.4 is 0 Å². The van der Waals surface area contributed by atoms with E-state index in [2.05, 4.69) is 24.8 Å². The molecule has 0 unspecified atom stereocenters. The normalized spacial score (nSPS) is 14.8. The SMILES string of the molecule is CSc1ncc(-c2ccc3nc(Cc4cc(CN5CCN(C(=O)CC(F)(F)F)CC5)ccn4)[nH]c3c2)cn1.